The van der Waals surface area contributed by atoms with Crippen molar-refractivity contribution in [3.8, 4) is 0 Å². The molecule has 0 radical (unpaired) electrons. The highest BCUT2D eigenvalue weighted by Crippen LogP contribution is 2.29. The summed E-state index contributed by atoms with van der Waals surface area (Å²) in [6, 6.07) is 31.3. The summed E-state index contributed by atoms with van der Waals surface area (Å²) in [5, 5.41) is 0. The van der Waals surface area contributed by atoms with Gasteiger partial charge >= 0.3 is 0 Å². The molecule has 3 aromatic carbocycles. The zero-order valence-corrected chi connectivity index (χ0v) is 14.2. The van der Waals surface area contributed by atoms with Gasteiger partial charge in [-0.05, 0) is 12.5 Å². The van der Waals surface area contributed by atoms with E-state index < -0.39 is 0 Å². The van der Waals surface area contributed by atoms with Crippen LogP contribution in [0.1, 0.15) is 29.7 Å². The van der Waals surface area contributed by atoms with Crippen molar-refractivity contribution in [2.24, 2.45) is 9.98 Å². The van der Waals surface area contributed by atoms with E-state index in [-0.39, 0.29) is 12.1 Å². The number of benzene rings is 3. The van der Waals surface area contributed by atoms with E-state index in [0.717, 1.165) is 22.6 Å². The first-order valence-electron chi connectivity index (χ1n) is 8.65. The summed E-state index contributed by atoms with van der Waals surface area (Å²) in [5.41, 5.74) is 5.38. The molecule has 0 bridgehead atoms. The minimum Gasteiger partial charge on any atom is -0.277 e. The van der Waals surface area contributed by atoms with Gasteiger partial charge in [0.2, 0.25) is 0 Å². The van der Waals surface area contributed by atoms with Crippen molar-refractivity contribution in [2.75, 3.05) is 0 Å². The molecule has 2 atom stereocenters. The smallest absolute Gasteiger partial charge is 0.0978 e. The molecule has 2 heteroatoms. The van der Waals surface area contributed by atoms with Gasteiger partial charge in [0.15, 0.2) is 0 Å². The summed E-state index contributed by atoms with van der Waals surface area (Å²) in [7, 11) is 0. The average Bonchev–Trinajstić information content (AvgIpc) is 2.70. The Hall–Kier alpha value is -3.00. The van der Waals surface area contributed by atoms with Crippen LogP contribution in [-0.2, 0) is 0 Å². The van der Waals surface area contributed by atoms with Gasteiger partial charge < -0.3 is 0 Å². The Morgan fingerprint density at radius 1 is 0.560 bits per heavy atom. The second-order valence-corrected chi connectivity index (χ2v) is 6.28. The standard InChI is InChI=1S/C23H20N2/c1-17-21(18-11-5-2-6-12-18)25-23(20-15-9-4-10-16-20)22(24-17)19-13-7-3-8-14-19/h2-17,21H,1H3/t17-,21+/m0/s1. The maximum absolute atomic E-state index is 5.15. The third kappa shape index (κ3) is 3.16. The molecule has 1 aliphatic rings. The van der Waals surface area contributed by atoms with E-state index in [1.807, 2.05) is 18.2 Å². The Labute approximate surface area is 148 Å². The first-order chi connectivity index (χ1) is 12.3. The van der Waals surface area contributed by atoms with Crippen molar-refractivity contribution in [3.63, 3.8) is 0 Å². The second-order valence-electron chi connectivity index (χ2n) is 6.28. The van der Waals surface area contributed by atoms with E-state index in [9.17, 15) is 0 Å². The van der Waals surface area contributed by atoms with Crippen molar-refractivity contribution >= 4 is 11.4 Å². The Morgan fingerprint density at radius 3 is 1.52 bits per heavy atom. The predicted octanol–water partition coefficient (Wildman–Crippen LogP) is 5.11. The van der Waals surface area contributed by atoms with E-state index >= 15 is 0 Å². The van der Waals surface area contributed by atoms with Gasteiger partial charge in [-0.2, -0.15) is 0 Å². The maximum atomic E-state index is 5.15. The van der Waals surface area contributed by atoms with Crippen LogP contribution in [0.5, 0.6) is 0 Å². The topological polar surface area (TPSA) is 24.7 Å². The minimum absolute atomic E-state index is 0.0452. The Balaban J connectivity index is 1.84. The highest BCUT2D eigenvalue weighted by atomic mass is 15.0. The second kappa shape index (κ2) is 6.86. The van der Waals surface area contributed by atoms with Crippen LogP contribution in [0.15, 0.2) is 101 Å². The lowest BCUT2D eigenvalue weighted by molar-refractivity contribution is 0.589. The maximum Gasteiger partial charge on any atom is 0.0978 e. The van der Waals surface area contributed by atoms with Crippen LogP contribution in [0.25, 0.3) is 0 Å². The molecule has 0 amide bonds. The quantitative estimate of drug-likeness (QED) is 0.640. The summed E-state index contributed by atoms with van der Waals surface area (Å²) in [4.78, 5) is 10.2. The van der Waals surface area contributed by atoms with E-state index in [2.05, 4.69) is 79.7 Å². The lowest BCUT2D eigenvalue weighted by Gasteiger charge is -2.26. The normalized spacial score (nSPS) is 19.9. The highest BCUT2D eigenvalue weighted by molar-refractivity contribution is 6.53. The highest BCUT2D eigenvalue weighted by Gasteiger charge is 2.27. The monoisotopic (exact) mass is 324 g/mol. The van der Waals surface area contributed by atoms with Crippen molar-refractivity contribution in [1.29, 1.82) is 0 Å². The largest absolute Gasteiger partial charge is 0.277 e. The van der Waals surface area contributed by atoms with Crippen LogP contribution in [0, 0.1) is 0 Å². The zero-order chi connectivity index (χ0) is 17.1. The van der Waals surface area contributed by atoms with E-state index in [0.29, 0.717) is 0 Å². The van der Waals surface area contributed by atoms with Crippen molar-refractivity contribution in [2.45, 2.75) is 19.0 Å². The SMILES string of the molecule is C[C@@H]1N=C(c2ccccc2)C(c2ccccc2)=N[C@H]1c1ccccc1. The number of rotatable bonds is 3. The van der Waals surface area contributed by atoms with Crippen molar-refractivity contribution in [3.05, 3.63) is 108 Å². The van der Waals surface area contributed by atoms with Gasteiger partial charge in [0, 0.05) is 11.1 Å². The Bertz CT molecular complexity index is 897. The molecule has 0 aromatic heterocycles. The average molecular weight is 324 g/mol. The molecule has 1 aliphatic heterocycles. The van der Waals surface area contributed by atoms with Gasteiger partial charge in [0.25, 0.3) is 0 Å². The van der Waals surface area contributed by atoms with Crippen LogP contribution in [-0.4, -0.2) is 17.5 Å². The van der Waals surface area contributed by atoms with E-state index in [1.54, 1.807) is 0 Å². The molecule has 0 unspecified atom stereocenters. The molecule has 0 N–H and O–H groups in total. The number of aliphatic imine (C=N–C) groups is 2. The summed E-state index contributed by atoms with van der Waals surface area (Å²) >= 11 is 0. The van der Waals surface area contributed by atoms with Gasteiger partial charge in [0.1, 0.15) is 0 Å². The molecule has 0 aliphatic carbocycles. The summed E-state index contributed by atoms with van der Waals surface area (Å²) in [5.74, 6) is 0. The fraction of sp³-hybridized carbons (Fsp3) is 0.130. The van der Waals surface area contributed by atoms with Gasteiger partial charge in [-0.15, -0.1) is 0 Å². The predicted molar refractivity (Wildman–Crippen MR) is 105 cm³/mol. The lowest BCUT2D eigenvalue weighted by Crippen LogP contribution is -2.28. The molecular formula is C23H20N2. The Kier molecular flexibility index (Phi) is 4.26. The van der Waals surface area contributed by atoms with Crippen LogP contribution >= 0.6 is 0 Å². The molecule has 1 heterocycles. The zero-order valence-electron chi connectivity index (χ0n) is 14.2. The first-order valence-corrected chi connectivity index (χ1v) is 8.65. The van der Waals surface area contributed by atoms with Crippen LogP contribution < -0.4 is 0 Å². The van der Waals surface area contributed by atoms with Crippen LogP contribution in [0.2, 0.25) is 0 Å². The number of hydrogen-bond acceptors (Lipinski definition) is 2. The number of hydrogen-bond donors (Lipinski definition) is 0. The minimum atomic E-state index is 0.0452. The molecule has 0 fully saturated rings. The van der Waals surface area contributed by atoms with Crippen LogP contribution in [0.3, 0.4) is 0 Å². The third-order valence-corrected chi connectivity index (χ3v) is 4.52. The molecule has 4 rings (SSSR count). The molecular weight excluding hydrogens is 304 g/mol. The van der Waals surface area contributed by atoms with Gasteiger partial charge in [-0.25, -0.2) is 0 Å². The van der Waals surface area contributed by atoms with Crippen molar-refractivity contribution in [1.82, 2.24) is 0 Å². The van der Waals surface area contributed by atoms with Crippen LogP contribution in [0.4, 0.5) is 0 Å². The number of nitrogens with zero attached hydrogens (tertiary/aromatic N) is 2. The summed E-state index contributed by atoms with van der Waals surface area (Å²) in [6.07, 6.45) is 0. The fourth-order valence-electron chi connectivity index (χ4n) is 3.26. The molecule has 0 saturated heterocycles. The van der Waals surface area contributed by atoms with Gasteiger partial charge in [-0.3, -0.25) is 9.98 Å². The molecule has 122 valence electrons. The molecule has 0 saturated carbocycles. The molecule has 2 nitrogen and oxygen atoms in total. The molecule has 0 spiro atoms. The van der Waals surface area contributed by atoms with E-state index in [1.165, 1.54) is 5.56 Å². The van der Waals surface area contributed by atoms with E-state index in [4.69, 9.17) is 9.98 Å². The van der Waals surface area contributed by atoms with Gasteiger partial charge in [-0.1, -0.05) is 91.0 Å². The molecule has 3 aromatic rings. The fourth-order valence-corrected chi connectivity index (χ4v) is 3.26. The Morgan fingerprint density at radius 2 is 1.00 bits per heavy atom. The van der Waals surface area contributed by atoms with Gasteiger partial charge in [0.05, 0.1) is 23.5 Å². The molecule has 25 heavy (non-hydrogen) atoms. The van der Waals surface area contributed by atoms with Crippen molar-refractivity contribution < 1.29 is 0 Å². The summed E-state index contributed by atoms with van der Waals surface area (Å²) in [6.45, 7) is 2.14. The summed E-state index contributed by atoms with van der Waals surface area (Å²) < 4.78 is 0. The third-order valence-electron chi connectivity index (χ3n) is 4.52. The lowest BCUT2D eigenvalue weighted by atomic mass is 9.93. The first kappa shape index (κ1) is 15.5.